The van der Waals surface area contributed by atoms with Crippen molar-refractivity contribution in [3.63, 3.8) is 0 Å². The number of benzene rings is 2. The van der Waals surface area contributed by atoms with Crippen LogP contribution in [0.2, 0.25) is 0 Å². The number of hydrogen-bond donors (Lipinski definition) is 0. The summed E-state index contributed by atoms with van der Waals surface area (Å²) in [7, 11) is -0.934. The lowest BCUT2D eigenvalue weighted by Crippen LogP contribution is -1.95. The van der Waals surface area contributed by atoms with Crippen LogP contribution in [-0.2, 0) is 16.6 Å². The summed E-state index contributed by atoms with van der Waals surface area (Å²) < 4.78 is 11.9. The summed E-state index contributed by atoms with van der Waals surface area (Å²) in [5.41, 5.74) is 1.11. The van der Waals surface area contributed by atoms with E-state index < -0.39 is 10.8 Å². The molecule has 0 radical (unpaired) electrons. The van der Waals surface area contributed by atoms with Crippen LogP contribution in [0.4, 0.5) is 0 Å². The van der Waals surface area contributed by atoms with Crippen molar-refractivity contribution in [2.24, 2.45) is 0 Å². The Balaban J connectivity index is 2.12. The predicted molar refractivity (Wildman–Crippen MR) is 63.0 cm³/mol. The Morgan fingerprint density at radius 2 is 1.33 bits per heavy atom. The minimum Gasteiger partial charge on any atom is -0.254 e. The van der Waals surface area contributed by atoms with Gasteiger partial charge in [0.05, 0.1) is 16.6 Å². The third-order valence-corrected chi connectivity index (χ3v) is 3.54. The molecule has 76 valence electrons. The van der Waals surface area contributed by atoms with Crippen LogP contribution in [0.15, 0.2) is 65.6 Å². The first-order valence-corrected chi connectivity index (χ1v) is 6.15. The van der Waals surface area contributed by atoms with Crippen LogP contribution in [0, 0.1) is 0 Å². The van der Waals surface area contributed by atoms with Gasteiger partial charge in [-0.1, -0.05) is 48.5 Å². The minimum absolute atomic E-state index is 0.588. The average Bonchev–Trinajstić information content (AvgIpc) is 2.31. The van der Waals surface area contributed by atoms with Gasteiger partial charge in [-0.25, -0.2) is 0 Å². The molecule has 0 amide bonds. The zero-order valence-electron chi connectivity index (χ0n) is 8.30. The summed E-state index contributed by atoms with van der Waals surface area (Å²) in [5.74, 6) is 0.588. The fourth-order valence-corrected chi connectivity index (χ4v) is 2.50. The van der Waals surface area contributed by atoms with E-state index >= 15 is 0 Å². The molecule has 0 aromatic heterocycles. The Morgan fingerprint density at radius 3 is 1.93 bits per heavy atom. The van der Waals surface area contributed by atoms with Crippen LogP contribution < -0.4 is 0 Å². The maximum absolute atomic E-state index is 11.9. The summed E-state index contributed by atoms with van der Waals surface area (Å²) >= 11 is 0. The van der Waals surface area contributed by atoms with Crippen molar-refractivity contribution >= 4 is 10.8 Å². The van der Waals surface area contributed by atoms with Gasteiger partial charge in [0, 0.05) is 4.90 Å². The van der Waals surface area contributed by atoms with Crippen LogP contribution in [-0.4, -0.2) is 4.21 Å². The summed E-state index contributed by atoms with van der Waals surface area (Å²) in [5, 5.41) is 0. The molecule has 0 spiro atoms. The molecule has 0 bridgehead atoms. The third-order valence-electron chi connectivity index (χ3n) is 2.15. The zero-order valence-corrected chi connectivity index (χ0v) is 9.11. The fraction of sp³-hybridized carbons (Fsp3) is 0.0769. The molecule has 0 N–H and O–H groups in total. The van der Waals surface area contributed by atoms with E-state index in [0.717, 1.165) is 10.5 Å². The molecule has 2 rings (SSSR count). The SMILES string of the molecule is [18O]=S(Cc1ccccc1)c1ccccc1. The number of rotatable bonds is 3. The van der Waals surface area contributed by atoms with E-state index in [1.165, 1.54) is 0 Å². The smallest absolute Gasteiger partial charge is 0.0574 e. The Kier molecular flexibility index (Phi) is 3.30. The van der Waals surface area contributed by atoms with Gasteiger partial charge in [-0.15, -0.1) is 0 Å². The lowest BCUT2D eigenvalue weighted by atomic mass is 10.2. The van der Waals surface area contributed by atoms with Crippen LogP contribution in [0.1, 0.15) is 5.56 Å². The highest BCUT2D eigenvalue weighted by Crippen LogP contribution is 2.11. The fourth-order valence-electron chi connectivity index (χ4n) is 1.38. The molecule has 0 aliphatic carbocycles. The monoisotopic (exact) mass is 218 g/mol. The third kappa shape index (κ3) is 2.77. The van der Waals surface area contributed by atoms with Crippen molar-refractivity contribution in [3.8, 4) is 0 Å². The lowest BCUT2D eigenvalue weighted by Gasteiger charge is -2.01. The van der Waals surface area contributed by atoms with Gasteiger partial charge in [-0.05, 0) is 17.7 Å². The van der Waals surface area contributed by atoms with Gasteiger partial charge in [0.15, 0.2) is 0 Å². The van der Waals surface area contributed by atoms with Crippen molar-refractivity contribution in [3.05, 3.63) is 66.2 Å². The maximum atomic E-state index is 11.9. The molecule has 0 aliphatic heterocycles. The number of hydrogen-bond acceptors (Lipinski definition) is 1. The molecule has 1 nitrogen and oxygen atoms in total. The molecule has 0 aliphatic rings. The standard InChI is InChI=1S/C13H12OS/c14-15(13-9-5-2-6-10-13)11-12-7-3-1-4-8-12/h1-10H,11H2/i14+2. The van der Waals surface area contributed by atoms with E-state index in [9.17, 15) is 4.21 Å². The van der Waals surface area contributed by atoms with Crippen LogP contribution >= 0.6 is 0 Å². The van der Waals surface area contributed by atoms with Crippen LogP contribution in [0.5, 0.6) is 0 Å². The lowest BCUT2D eigenvalue weighted by molar-refractivity contribution is 0.682. The molecule has 1 unspecified atom stereocenters. The van der Waals surface area contributed by atoms with Gasteiger partial charge in [-0.3, -0.25) is 4.21 Å². The molecular weight excluding hydrogens is 206 g/mol. The summed E-state index contributed by atoms with van der Waals surface area (Å²) in [6, 6.07) is 19.5. The highest BCUT2D eigenvalue weighted by molar-refractivity contribution is 7.84. The molecule has 0 saturated carbocycles. The topological polar surface area (TPSA) is 17.1 Å². The molecule has 2 aromatic rings. The van der Waals surface area contributed by atoms with Crippen molar-refractivity contribution in [1.82, 2.24) is 0 Å². The first-order chi connectivity index (χ1) is 7.36. The molecule has 1 atom stereocenters. The normalized spacial score (nSPS) is 12.3. The molecule has 0 saturated heterocycles. The Hall–Kier alpha value is -1.41. The Labute approximate surface area is 92.2 Å². The second-order valence-electron chi connectivity index (χ2n) is 3.29. The molecular formula is C13H12OS. The largest absolute Gasteiger partial charge is 0.254 e. The van der Waals surface area contributed by atoms with E-state index in [4.69, 9.17) is 0 Å². The minimum atomic E-state index is -0.934. The predicted octanol–water partition coefficient (Wildman–Crippen LogP) is 2.99. The van der Waals surface area contributed by atoms with Crippen molar-refractivity contribution < 1.29 is 4.21 Å². The van der Waals surface area contributed by atoms with E-state index in [1.54, 1.807) is 0 Å². The summed E-state index contributed by atoms with van der Waals surface area (Å²) in [6.45, 7) is 0. The highest BCUT2D eigenvalue weighted by atomic mass is 32.2. The second kappa shape index (κ2) is 4.89. The second-order valence-corrected chi connectivity index (χ2v) is 4.74. The highest BCUT2D eigenvalue weighted by Gasteiger charge is 2.03. The van der Waals surface area contributed by atoms with Crippen molar-refractivity contribution in [2.75, 3.05) is 0 Å². The van der Waals surface area contributed by atoms with Crippen molar-refractivity contribution in [2.45, 2.75) is 10.6 Å². The average molecular weight is 218 g/mol. The molecule has 2 heteroatoms. The van der Waals surface area contributed by atoms with Gasteiger partial charge >= 0.3 is 0 Å². The first kappa shape index (κ1) is 10.1. The molecule has 0 fully saturated rings. The summed E-state index contributed by atoms with van der Waals surface area (Å²) in [4.78, 5) is 0.890. The molecule has 0 heterocycles. The quantitative estimate of drug-likeness (QED) is 0.724. The van der Waals surface area contributed by atoms with Gasteiger partial charge in [0.25, 0.3) is 0 Å². The van der Waals surface area contributed by atoms with E-state index in [0.29, 0.717) is 5.75 Å². The maximum Gasteiger partial charge on any atom is 0.0574 e. The Bertz CT molecular complexity index is 437. The summed E-state index contributed by atoms with van der Waals surface area (Å²) in [6.07, 6.45) is 0. The van der Waals surface area contributed by atoms with E-state index in [-0.39, 0.29) is 0 Å². The van der Waals surface area contributed by atoms with Gasteiger partial charge < -0.3 is 0 Å². The van der Waals surface area contributed by atoms with E-state index in [1.807, 2.05) is 60.7 Å². The molecule has 15 heavy (non-hydrogen) atoms. The van der Waals surface area contributed by atoms with Gasteiger partial charge in [0.2, 0.25) is 0 Å². The van der Waals surface area contributed by atoms with Crippen LogP contribution in [0.3, 0.4) is 0 Å². The zero-order chi connectivity index (χ0) is 10.5. The van der Waals surface area contributed by atoms with E-state index in [2.05, 4.69) is 0 Å². The van der Waals surface area contributed by atoms with Crippen LogP contribution in [0.25, 0.3) is 0 Å². The van der Waals surface area contributed by atoms with Gasteiger partial charge in [0.1, 0.15) is 0 Å². The Morgan fingerprint density at radius 1 is 0.800 bits per heavy atom. The first-order valence-electron chi connectivity index (χ1n) is 4.83. The molecule has 2 aromatic carbocycles. The van der Waals surface area contributed by atoms with Gasteiger partial charge in [-0.2, -0.15) is 0 Å². The van der Waals surface area contributed by atoms with Crippen molar-refractivity contribution in [1.29, 1.82) is 0 Å².